The Labute approximate surface area is 104 Å². The van der Waals surface area contributed by atoms with Crippen LogP contribution in [0.3, 0.4) is 0 Å². The molecular formula is C10H17N3O5. The molecule has 2 unspecified atom stereocenters. The number of hydrogen-bond donors (Lipinski definition) is 3. The largest absolute Gasteiger partial charge is 0.481 e. The Kier molecular flexibility index (Phi) is 5.05. The lowest BCUT2D eigenvalue weighted by Gasteiger charge is -2.35. The van der Waals surface area contributed by atoms with Crippen molar-refractivity contribution in [2.75, 3.05) is 19.8 Å². The van der Waals surface area contributed by atoms with Gasteiger partial charge in [-0.25, -0.2) is 0 Å². The molecule has 1 fully saturated rings. The first-order valence-electron chi connectivity index (χ1n) is 5.58. The number of nitrogens with zero attached hydrogens (tertiary/aromatic N) is 1. The van der Waals surface area contributed by atoms with E-state index < -0.39 is 29.9 Å². The van der Waals surface area contributed by atoms with Crippen LogP contribution in [-0.2, 0) is 19.1 Å². The summed E-state index contributed by atoms with van der Waals surface area (Å²) in [5, 5.41) is 8.52. The molecule has 5 N–H and O–H groups in total. The minimum atomic E-state index is -1.02. The van der Waals surface area contributed by atoms with Crippen LogP contribution in [0.25, 0.3) is 0 Å². The fourth-order valence-corrected chi connectivity index (χ4v) is 1.72. The summed E-state index contributed by atoms with van der Waals surface area (Å²) in [7, 11) is 0. The van der Waals surface area contributed by atoms with Crippen molar-refractivity contribution in [3.63, 3.8) is 0 Å². The van der Waals surface area contributed by atoms with E-state index in [1.807, 2.05) is 0 Å². The first kappa shape index (κ1) is 14.4. The number of morpholine rings is 1. The number of carboxylic acid groups (broad SMARTS) is 1. The number of rotatable bonds is 5. The molecule has 0 aliphatic carbocycles. The Morgan fingerprint density at radius 1 is 1.44 bits per heavy atom. The summed E-state index contributed by atoms with van der Waals surface area (Å²) >= 11 is 0. The standard InChI is InChI=1S/C10H17N3O5/c11-6(1-2-8(14)15)10(17)13-3-4-18-5-7(13)9(12)16/h6-7H,1-5,11H2,(H2,12,16)(H,14,15). The van der Waals surface area contributed by atoms with Crippen LogP contribution in [0.1, 0.15) is 12.8 Å². The van der Waals surface area contributed by atoms with Crippen LogP contribution in [0.4, 0.5) is 0 Å². The second-order valence-corrected chi connectivity index (χ2v) is 4.06. The van der Waals surface area contributed by atoms with E-state index in [0.29, 0.717) is 6.61 Å². The van der Waals surface area contributed by atoms with Crippen LogP contribution in [0.5, 0.6) is 0 Å². The Balaban J connectivity index is 2.62. The molecule has 0 saturated carbocycles. The predicted octanol–water partition coefficient (Wildman–Crippen LogP) is -2.11. The van der Waals surface area contributed by atoms with E-state index in [9.17, 15) is 14.4 Å². The van der Waals surface area contributed by atoms with Crippen LogP contribution in [0, 0.1) is 0 Å². The zero-order valence-corrected chi connectivity index (χ0v) is 9.87. The van der Waals surface area contributed by atoms with E-state index >= 15 is 0 Å². The molecule has 0 spiro atoms. The summed E-state index contributed by atoms with van der Waals surface area (Å²) < 4.78 is 5.07. The normalized spacial score (nSPS) is 21.4. The Morgan fingerprint density at radius 3 is 2.67 bits per heavy atom. The third kappa shape index (κ3) is 3.67. The van der Waals surface area contributed by atoms with E-state index in [4.69, 9.17) is 21.3 Å². The minimum absolute atomic E-state index is 0.0248. The number of hydrogen-bond acceptors (Lipinski definition) is 5. The van der Waals surface area contributed by atoms with Gasteiger partial charge >= 0.3 is 5.97 Å². The molecule has 0 radical (unpaired) electrons. The van der Waals surface area contributed by atoms with Crippen LogP contribution in [-0.4, -0.2) is 59.6 Å². The van der Waals surface area contributed by atoms with Crippen molar-refractivity contribution in [2.45, 2.75) is 24.9 Å². The van der Waals surface area contributed by atoms with E-state index in [-0.39, 0.29) is 26.0 Å². The molecular weight excluding hydrogens is 242 g/mol. The topological polar surface area (TPSA) is 136 Å². The molecule has 0 bridgehead atoms. The van der Waals surface area contributed by atoms with Gasteiger partial charge in [-0.1, -0.05) is 0 Å². The highest BCUT2D eigenvalue weighted by molar-refractivity contribution is 5.89. The van der Waals surface area contributed by atoms with Crippen LogP contribution < -0.4 is 11.5 Å². The number of aliphatic carboxylic acids is 1. The smallest absolute Gasteiger partial charge is 0.303 e. The lowest BCUT2D eigenvalue weighted by atomic mass is 10.1. The van der Waals surface area contributed by atoms with Crippen molar-refractivity contribution in [3.05, 3.63) is 0 Å². The van der Waals surface area contributed by atoms with Gasteiger partial charge in [0.2, 0.25) is 11.8 Å². The molecule has 0 aromatic carbocycles. The fraction of sp³-hybridized carbons (Fsp3) is 0.700. The quantitative estimate of drug-likeness (QED) is 0.517. The molecule has 1 saturated heterocycles. The van der Waals surface area contributed by atoms with Gasteiger partial charge < -0.3 is 26.2 Å². The van der Waals surface area contributed by atoms with Crippen molar-refractivity contribution in [3.8, 4) is 0 Å². The number of carbonyl (C=O) groups excluding carboxylic acids is 2. The number of amides is 2. The summed E-state index contributed by atoms with van der Waals surface area (Å²) in [6.07, 6.45) is -0.171. The molecule has 0 aromatic rings. The van der Waals surface area contributed by atoms with Gasteiger partial charge in [0.15, 0.2) is 0 Å². The molecule has 1 aliphatic heterocycles. The molecule has 2 atom stereocenters. The zero-order valence-electron chi connectivity index (χ0n) is 9.87. The van der Waals surface area contributed by atoms with Crippen LogP contribution in [0.15, 0.2) is 0 Å². The van der Waals surface area contributed by atoms with Gasteiger partial charge in [0.05, 0.1) is 19.3 Å². The number of nitrogens with two attached hydrogens (primary N) is 2. The van der Waals surface area contributed by atoms with E-state index in [1.165, 1.54) is 4.90 Å². The van der Waals surface area contributed by atoms with Crippen molar-refractivity contribution < 1.29 is 24.2 Å². The average molecular weight is 259 g/mol. The van der Waals surface area contributed by atoms with Gasteiger partial charge in [-0.05, 0) is 6.42 Å². The molecule has 0 aromatic heterocycles. The molecule has 102 valence electrons. The van der Waals surface area contributed by atoms with Crippen LogP contribution in [0.2, 0.25) is 0 Å². The molecule has 1 heterocycles. The zero-order chi connectivity index (χ0) is 13.7. The highest BCUT2D eigenvalue weighted by Gasteiger charge is 2.33. The first-order valence-corrected chi connectivity index (χ1v) is 5.58. The van der Waals surface area contributed by atoms with Gasteiger partial charge in [-0.15, -0.1) is 0 Å². The molecule has 1 aliphatic rings. The summed E-state index contributed by atoms with van der Waals surface area (Å²) in [5.74, 6) is -2.15. The number of primary amides is 1. The third-order valence-corrected chi connectivity index (χ3v) is 2.73. The minimum Gasteiger partial charge on any atom is -0.481 e. The monoisotopic (exact) mass is 259 g/mol. The number of ether oxygens (including phenoxy) is 1. The second-order valence-electron chi connectivity index (χ2n) is 4.06. The van der Waals surface area contributed by atoms with Crippen molar-refractivity contribution in [1.29, 1.82) is 0 Å². The summed E-state index contributed by atoms with van der Waals surface area (Å²) in [6.45, 7) is 0.584. The predicted molar refractivity (Wildman–Crippen MR) is 60.4 cm³/mol. The van der Waals surface area contributed by atoms with Crippen molar-refractivity contribution in [1.82, 2.24) is 4.90 Å². The van der Waals surface area contributed by atoms with Gasteiger partial charge in [0, 0.05) is 13.0 Å². The van der Waals surface area contributed by atoms with E-state index in [2.05, 4.69) is 0 Å². The summed E-state index contributed by atoms with van der Waals surface area (Å²) in [4.78, 5) is 34.8. The maximum absolute atomic E-state index is 12.0. The Bertz CT molecular complexity index is 346. The number of carboxylic acids is 1. The van der Waals surface area contributed by atoms with Crippen LogP contribution >= 0.6 is 0 Å². The molecule has 1 rings (SSSR count). The van der Waals surface area contributed by atoms with Gasteiger partial charge in [-0.3, -0.25) is 14.4 Å². The lowest BCUT2D eigenvalue weighted by Crippen LogP contribution is -2.58. The first-order chi connectivity index (χ1) is 8.43. The fourth-order valence-electron chi connectivity index (χ4n) is 1.72. The van der Waals surface area contributed by atoms with E-state index in [1.54, 1.807) is 0 Å². The van der Waals surface area contributed by atoms with E-state index in [0.717, 1.165) is 0 Å². The Morgan fingerprint density at radius 2 is 2.11 bits per heavy atom. The maximum atomic E-state index is 12.0. The summed E-state index contributed by atoms with van der Waals surface area (Å²) in [5.41, 5.74) is 10.8. The highest BCUT2D eigenvalue weighted by Crippen LogP contribution is 2.10. The Hall–Kier alpha value is -1.67. The second kappa shape index (κ2) is 6.31. The van der Waals surface area contributed by atoms with Gasteiger partial charge in [-0.2, -0.15) is 0 Å². The van der Waals surface area contributed by atoms with Crippen molar-refractivity contribution >= 4 is 17.8 Å². The molecule has 18 heavy (non-hydrogen) atoms. The van der Waals surface area contributed by atoms with Gasteiger partial charge in [0.1, 0.15) is 6.04 Å². The summed E-state index contributed by atoms with van der Waals surface area (Å²) in [6, 6.07) is -1.77. The maximum Gasteiger partial charge on any atom is 0.303 e. The molecule has 8 nitrogen and oxygen atoms in total. The molecule has 2 amide bonds. The number of carbonyl (C=O) groups is 3. The highest BCUT2D eigenvalue weighted by atomic mass is 16.5. The van der Waals surface area contributed by atoms with Gasteiger partial charge in [0.25, 0.3) is 0 Å². The average Bonchev–Trinajstić information content (AvgIpc) is 2.34. The lowest BCUT2D eigenvalue weighted by molar-refractivity contribution is -0.148. The molecule has 8 heteroatoms. The van der Waals surface area contributed by atoms with Crippen molar-refractivity contribution in [2.24, 2.45) is 11.5 Å². The SMILES string of the molecule is NC(=O)C1COCCN1C(=O)C(N)CCC(=O)O. The third-order valence-electron chi connectivity index (χ3n) is 2.73.